The van der Waals surface area contributed by atoms with Crippen LogP contribution in [0.2, 0.25) is 0 Å². The van der Waals surface area contributed by atoms with Gasteiger partial charge in [0, 0.05) is 13.0 Å². The highest BCUT2D eigenvalue weighted by molar-refractivity contribution is 9.10. The minimum atomic E-state index is -0.853. The van der Waals surface area contributed by atoms with Crippen LogP contribution in [0.3, 0.4) is 0 Å². The summed E-state index contributed by atoms with van der Waals surface area (Å²) in [5.41, 5.74) is -0.00593. The number of methoxy groups -OCH3 is 1. The van der Waals surface area contributed by atoms with Crippen molar-refractivity contribution in [2.75, 3.05) is 20.3 Å². The van der Waals surface area contributed by atoms with Crippen LogP contribution >= 0.6 is 15.9 Å². The average Bonchev–Trinajstić information content (AvgIpc) is 2.67. The maximum atomic E-state index is 10.3. The molecular weight excluding hydrogens is 260 g/mol. The normalized spacial score (nSPS) is 25.5. The Morgan fingerprint density at radius 1 is 1.53 bits per heavy atom. The Bertz CT molecular complexity index is 359. The first-order chi connectivity index (χ1) is 7.15. The van der Waals surface area contributed by atoms with Crippen LogP contribution in [-0.2, 0) is 10.3 Å². The molecule has 1 aliphatic heterocycles. The van der Waals surface area contributed by atoms with Gasteiger partial charge in [-0.25, -0.2) is 0 Å². The molecule has 0 aliphatic carbocycles. The SMILES string of the molecule is COc1cc(C2(O)CCOC2)ccc1Br. The van der Waals surface area contributed by atoms with Crippen molar-refractivity contribution in [2.24, 2.45) is 0 Å². The lowest BCUT2D eigenvalue weighted by Gasteiger charge is -2.21. The maximum Gasteiger partial charge on any atom is 0.133 e. The van der Waals surface area contributed by atoms with E-state index in [4.69, 9.17) is 9.47 Å². The Labute approximate surface area is 97.1 Å². The van der Waals surface area contributed by atoms with Crippen LogP contribution in [0.15, 0.2) is 22.7 Å². The third-order valence-electron chi connectivity index (χ3n) is 2.69. The molecule has 1 aliphatic rings. The molecule has 2 rings (SSSR count). The first kappa shape index (κ1) is 10.9. The molecule has 1 N–H and O–H groups in total. The van der Waals surface area contributed by atoms with Crippen molar-refractivity contribution in [1.82, 2.24) is 0 Å². The van der Waals surface area contributed by atoms with Crippen molar-refractivity contribution >= 4 is 15.9 Å². The molecule has 1 heterocycles. The lowest BCUT2D eigenvalue weighted by molar-refractivity contribution is 0.0230. The third-order valence-corrected chi connectivity index (χ3v) is 3.34. The molecule has 0 spiro atoms. The predicted molar refractivity (Wildman–Crippen MR) is 60.0 cm³/mol. The van der Waals surface area contributed by atoms with Crippen LogP contribution in [0.5, 0.6) is 5.75 Å². The van der Waals surface area contributed by atoms with Crippen LogP contribution in [0.4, 0.5) is 0 Å². The molecule has 0 amide bonds. The van der Waals surface area contributed by atoms with Gasteiger partial charge in [-0.05, 0) is 33.6 Å². The summed E-state index contributed by atoms with van der Waals surface area (Å²) >= 11 is 3.38. The summed E-state index contributed by atoms with van der Waals surface area (Å²) in [5.74, 6) is 0.729. The van der Waals surface area contributed by atoms with E-state index in [1.807, 2.05) is 18.2 Å². The Balaban J connectivity index is 2.36. The van der Waals surface area contributed by atoms with Gasteiger partial charge in [-0.2, -0.15) is 0 Å². The standard InChI is InChI=1S/C11H13BrO3/c1-14-10-6-8(2-3-9(10)12)11(13)4-5-15-7-11/h2-3,6,13H,4-5,7H2,1H3. The van der Waals surface area contributed by atoms with Crippen molar-refractivity contribution in [2.45, 2.75) is 12.0 Å². The minimum Gasteiger partial charge on any atom is -0.496 e. The summed E-state index contributed by atoms with van der Waals surface area (Å²) in [7, 11) is 1.61. The second kappa shape index (κ2) is 4.12. The molecule has 0 radical (unpaired) electrons. The van der Waals surface area contributed by atoms with Gasteiger partial charge in [-0.3, -0.25) is 0 Å². The molecule has 1 unspecified atom stereocenters. The summed E-state index contributed by atoms with van der Waals surface area (Å²) in [4.78, 5) is 0. The zero-order chi connectivity index (χ0) is 10.9. The molecular formula is C11H13BrO3. The number of benzene rings is 1. The molecule has 1 fully saturated rings. The summed E-state index contributed by atoms with van der Waals surface area (Å²) in [5, 5.41) is 10.3. The van der Waals surface area contributed by atoms with Crippen molar-refractivity contribution in [1.29, 1.82) is 0 Å². The molecule has 0 saturated carbocycles. The Morgan fingerprint density at radius 2 is 2.33 bits per heavy atom. The van der Waals surface area contributed by atoms with Crippen molar-refractivity contribution in [3.05, 3.63) is 28.2 Å². The molecule has 3 nitrogen and oxygen atoms in total. The van der Waals surface area contributed by atoms with Crippen LogP contribution in [-0.4, -0.2) is 25.4 Å². The second-order valence-corrected chi connectivity index (χ2v) is 4.54. The molecule has 15 heavy (non-hydrogen) atoms. The quantitative estimate of drug-likeness (QED) is 0.896. The van der Waals surface area contributed by atoms with E-state index in [0.717, 1.165) is 15.8 Å². The molecule has 0 aromatic heterocycles. The Kier molecular flexibility index (Phi) is 3.00. The topological polar surface area (TPSA) is 38.7 Å². The van der Waals surface area contributed by atoms with Gasteiger partial charge in [0.15, 0.2) is 0 Å². The average molecular weight is 273 g/mol. The summed E-state index contributed by atoms with van der Waals surface area (Å²) in [6, 6.07) is 5.62. The fourth-order valence-electron chi connectivity index (χ4n) is 1.73. The van der Waals surface area contributed by atoms with Gasteiger partial charge >= 0.3 is 0 Å². The van der Waals surface area contributed by atoms with Crippen LogP contribution in [0.1, 0.15) is 12.0 Å². The molecule has 82 valence electrons. The molecule has 1 aromatic carbocycles. The molecule has 1 atom stereocenters. The number of hydrogen-bond donors (Lipinski definition) is 1. The zero-order valence-corrected chi connectivity index (χ0v) is 10.1. The van der Waals surface area contributed by atoms with E-state index >= 15 is 0 Å². The smallest absolute Gasteiger partial charge is 0.133 e. The summed E-state index contributed by atoms with van der Waals surface area (Å²) < 4.78 is 11.3. The molecule has 4 heteroatoms. The molecule has 0 bridgehead atoms. The van der Waals surface area contributed by atoms with E-state index in [9.17, 15) is 5.11 Å². The summed E-state index contributed by atoms with van der Waals surface area (Å²) in [6.07, 6.45) is 0.637. The van der Waals surface area contributed by atoms with E-state index in [-0.39, 0.29) is 0 Å². The van der Waals surface area contributed by atoms with E-state index in [1.165, 1.54) is 0 Å². The highest BCUT2D eigenvalue weighted by Gasteiger charge is 2.34. The lowest BCUT2D eigenvalue weighted by atomic mass is 9.93. The maximum absolute atomic E-state index is 10.3. The van der Waals surface area contributed by atoms with Gasteiger partial charge in [0.1, 0.15) is 11.4 Å². The van der Waals surface area contributed by atoms with Gasteiger partial charge in [0.2, 0.25) is 0 Å². The Hall–Kier alpha value is -0.580. The molecule has 1 saturated heterocycles. The largest absolute Gasteiger partial charge is 0.496 e. The monoisotopic (exact) mass is 272 g/mol. The van der Waals surface area contributed by atoms with E-state index < -0.39 is 5.60 Å². The highest BCUT2D eigenvalue weighted by atomic mass is 79.9. The first-order valence-electron chi connectivity index (χ1n) is 4.80. The van der Waals surface area contributed by atoms with Gasteiger partial charge in [0.25, 0.3) is 0 Å². The second-order valence-electron chi connectivity index (χ2n) is 3.68. The van der Waals surface area contributed by atoms with Gasteiger partial charge in [-0.1, -0.05) is 6.07 Å². The van der Waals surface area contributed by atoms with Crippen LogP contribution in [0.25, 0.3) is 0 Å². The predicted octanol–water partition coefficient (Wildman–Crippen LogP) is 2.07. The highest BCUT2D eigenvalue weighted by Crippen LogP contribution is 2.35. The fourth-order valence-corrected chi connectivity index (χ4v) is 2.14. The van der Waals surface area contributed by atoms with Crippen molar-refractivity contribution in [3.8, 4) is 5.75 Å². The van der Waals surface area contributed by atoms with Crippen LogP contribution < -0.4 is 4.74 Å². The molecule has 1 aromatic rings. The number of ether oxygens (including phenoxy) is 2. The lowest BCUT2D eigenvalue weighted by Crippen LogP contribution is -2.25. The van der Waals surface area contributed by atoms with Gasteiger partial charge in [0.05, 0.1) is 18.2 Å². The number of rotatable bonds is 2. The van der Waals surface area contributed by atoms with Crippen molar-refractivity contribution in [3.63, 3.8) is 0 Å². The van der Waals surface area contributed by atoms with Gasteiger partial charge < -0.3 is 14.6 Å². The first-order valence-corrected chi connectivity index (χ1v) is 5.59. The minimum absolute atomic E-state index is 0.359. The number of hydrogen-bond acceptors (Lipinski definition) is 3. The van der Waals surface area contributed by atoms with Crippen molar-refractivity contribution < 1.29 is 14.6 Å². The zero-order valence-electron chi connectivity index (χ0n) is 8.50. The fraction of sp³-hybridized carbons (Fsp3) is 0.455. The number of aliphatic hydroxyl groups is 1. The summed E-state index contributed by atoms with van der Waals surface area (Å²) in [6.45, 7) is 0.965. The Morgan fingerprint density at radius 3 is 2.93 bits per heavy atom. The third kappa shape index (κ3) is 2.02. The van der Waals surface area contributed by atoms with E-state index in [0.29, 0.717) is 19.6 Å². The van der Waals surface area contributed by atoms with Crippen LogP contribution in [0, 0.1) is 0 Å². The number of halogens is 1. The van der Waals surface area contributed by atoms with E-state index in [1.54, 1.807) is 7.11 Å². The van der Waals surface area contributed by atoms with E-state index in [2.05, 4.69) is 15.9 Å². The van der Waals surface area contributed by atoms with Gasteiger partial charge in [-0.15, -0.1) is 0 Å².